The summed E-state index contributed by atoms with van der Waals surface area (Å²) in [7, 11) is 0. The van der Waals surface area contributed by atoms with E-state index in [2.05, 4.69) is 10.6 Å². The number of hydrogen-bond donors (Lipinski definition) is 2. The van der Waals surface area contributed by atoms with Crippen molar-refractivity contribution in [3.8, 4) is 0 Å². The SMILES string of the molecule is O=C(Nc1ccc(F)cc1)c1cccc(NC(=O)[C@@H]2[C@@H](c3cc(Cl)cc(Cl)c3)C2(Cl)Cl)c1Cl. The molecule has 0 saturated heterocycles. The van der Waals surface area contributed by atoms with E-state index in [9.17, 15) is 14.0 Å². The summed E-state index contributed by atoms with van der Waals surface area (Å²) in [6.45, 7) is 0. The molecule has 2 atom stereocenters. The Hall–Kier alpha value is -2.02. The minimum Gasteiger partial charge on any atom is -0.324 e. The van der Waals surface area contributed by atoms with Gasteiger partial charge in [0.05, 0.1) is 22.2 Å². The molecule has 2 N–H and O–H groups in total. The maximum absolute atomic E-state index is 13.1. The van der Waals surface area contributed by atoms with Crippen molar-refractivity contribution in [2.24, 2.45) is 5.92 Å². The highest BCUT2D eigenvalue weighted by atomic mass is 35.5. The van der Waals surface area contributed by atoms with E-state index in [-0.39, 0.29) is 16.3 Å². The van der Waals surface area contributed by atoms with Crippen molar-refractivity contribution in [3.05, 3.63) is 92.7 Å². The zero-order valence-corrected chi connectivity index (χ0v) is 20.3. The summed E-state index contributed by atoms with van der Waals surface area (Å²) in [4.78, 5) is 25.6. The van der Waals surface area contributed by atoms with E-state index in [0.29, 0.717) is 21.3 Å². The highest BCUT2D eigenvalue weighted by Gasteiger charge is 2.67. The first-order valence-corrected chi connectivity index (χ1v) is 11.5. The molecule has 0 aromatic heterocycles. The molecule has 170 valence electrons. The number of carbonyl (C=O) groups is 2. The van der Waals surface area contributed by atoms with Gasteiger partial charge in [0.1, 0.15) is 10.2 Å². The number of benzene rings is 3. The van der Waals surface area contributed by atoms with Crippen LogP contribution in [0.1, 0.15) is 21.8 Å². The van der Waals surface area contributed by atoms with Crippen LogP contribution in [0.15, 0.2) is 60.7 Å². The largest absolute Gasteiger partial charge is 0.324 e. The van der Waals surface area contributed by atoms with Gasteiger partial charge in [0, 0.05) is 21.7 Å². The van der Waals surface area contributed by atoms with Crippen LogP contribution in [0.2, 0.25) is 15.1 Å². The molecule has 1 aliphatic rings. The summed E-state index contributed by atoms with van der Waals surface area (Å²) in [5, 5.41) is 6.14. The molecule has 0 bridgehead atoms. The fourth-order valence-electron chi connectivity index (χ4n) is 3.57. The zero-order chi connectivity index (χ0) is 23.9. The number of hydrogen-bond acceptors (Lipinski definition) is 2. The predicted octanol–water partition coefficient (Wildman–Crippen LogP) is 7.56. The van der Waals surface area contributed by atoms with Crippen molar-refractivity contribution >= 4 is 81.2 Å². The second-order valence-electron chi connectivity index (χ2n) is 7.45. The fraction of sp³-hybridized carbons (Fsp3) is 0.130. The van der Waals surface area contributed by atoms with Crippen molar-refractivity contribution in [1.82, 2.24) is 0 Å². The zero-order valence-electron chi connectivity index (χ0n) is 16.5. The minimum absolute atomic E-state index is 0.0307. The molecule has 3 aromatic rings. The molecular formula is C23H14Cl5FN2O2. The van der Waals surface area contributed by atoms with E-state index < -0.39 is 33.8 Å². The van der Waals surface area contributed by atoms with Gasteiger partial charge in [0.25, 0.3) is 5.91 Å². The van der Waals surface area contributed by atoms with Gasteiger partial charge in [-0.3, -0.25) is 9.59 Å². The summed E-state index contributed by atoms with van der Waals surface area (Å²) >= 11 is 31.3. The Morgan fingerprint density at radius 1 is 0.879 bits per heavy atom. The van der Waals surface area contributed by atoms with Gasteiger partial charge in [0.2, 0.25) is 5.91 Å². The van der Waals surface area contributed by atoms with E-state index in [1.165, 1.54) is 30.3 Å². The third-order valence-electron chi connectivity index (χ3n) is 5.18. The van der Waals surface area contributed by atoms with Gasteiger partial charge in [-0.1, -0.05) is 40.9 Å². The van der Waals surface area contributed by atoms with Crippen LogP contribution >= 0.6 is 58.0 Å². The van der Waals surface area contributed by atoms with Crippen molar-refractivity contribution in [1.29, 1.82) is 0 Å². The normalized spacial score (nSPS) is 18.5. The van der Waals surface area contributed by atoms with Crippen molar-refractivity contribution in [3.63, 3.8) is 0 Å². The van der Waals surface area contributed by atoms with Gasteiger partial charge in [-0.15, -0.1) is 23.2 Å². The topological polar surface area (TPSA) is 58.2 Å². The third kappa shape index (κ3) is 5.08. The average Bonchev–Trinajstić information content (AvgIpc) is 3.32. The molecule has 0 heterocycles. The van der Waals surface area contributed by atoms with Crippen LogP contribution in [0.5, 0.6) is 0 Å². The van der Waals surface area contributed by atoms with E-state index in [1.54, 1.807) is 30.3 Å². The van der Waals surface area contributed by atoms with E-state index in [0.717, 1.165) is 0 Å². The molecule has 2 amide bonds. The van der Waals surface area contributed by atoms with Gasteiger partial charge in [0.15, 0.2) is 0 Å². The predicted molar refractivity (Wildman–Crippen MR) is 132 cm³/mol. The first-order valence-electron chi connectivity index (χ1n) is 9.58. The van der Waals surface area contributed by atoms with Crippen molar-refractivity contribution in [2.75, 3.05) is 10.6 Å². The summed E-state index contributed by atoms with van der Waals surface area (Å²) in [5.41, 5.74) is 1.36. The van der Waals surface area contributed by atoms with Crippen LogP contribution in [-0.2, 0) is 4.79 Å². The van der Waals surface area contributed by atoms with Gasteiger partial charge in [-0.2, -0.15) is 0 Å². The van der Waals surface area contributed by atoms with Gasteiger partial charge in [-0.05, 0) is 60.2 Å². The van der Waals surface area contributed by atoms with E-state index >= 15 is 0 Å². The Labute approximate surface area is 213 Å². The maximum Gasteiger partial charge on any atom is 0.257 e. The Balaban J connectivity index is 1.52. The highest BCUT2D eigenvalue weighted by Crippen LogP contribution is 2.65. The van der Waals surface area contributed by atoms with Crippen LogP contribution in [0.25, 0.3) is 0 Å². The average molecular weight is 547 g/mol. The molecule has 0 aliphatic heterocycles. The van der Waals surface area contributed by atoms with Crippen molar-refractivity contribution in [2.45, 2.75) is 10.3 Å². The maximum atomic E-state index is 13.1. The van der Waals surface area contributed by atoms with Crippen molar-refractivity contribution < 1.29 is 14.0 Å². The molecule has 0 radical (unpaired) electrons. The van der Waals surface area contributed by atoms with E-state index in [1.807, 2.05) is 0 Å². The molecular weight excluding hydrogens is 533 g/mol. The van der Waals surface area contributed by atoms with Gasteiger partial charge < -0.3 is 10.6 Å². The summed E-state index contributed by atoms with van der Waals surface area (Å²) in [6, 6.07) is 14.8. The van der Waals surface area contributed by atoms with Crippen LogP contribution in [0.4, 0.5) is 15.8 Å². The number of anilines is 2. The highest BCUT2D eigenvalue weighted by molar-refractivity contribution is 6.53. The van der Waals surface area contributed by atoms with Crippen LogP contribution in [0.3, 0.4) is 0 Å². The molecule has 0 spiro atoms. The molecule has 4 rings (SSSR count). The monoisotopic (exact) mass is 544 g/mol. The first-order chi connectivity index (χ1) is 15.6. The Kier molecular flexibility index (Phi) is 6.81. The second kappa shape index (κ2) is 9.32. The van der Waals surface area contributed by atoms with Crippen LogP contribution in [0, 0.1) is 11.7 Å². The van der Waals surface area contributed by atoms with Crippen LogP contribution < -0.4 is 10.6 Å². The number of halogens is 6. The minimum atomic E-state index is -1.36. The molecule has 1 aliphatic carbocycles. The molecule has 0 unspecified atom stereocenters. The Morgan fingerprint density at radius 3 is 2.15 bits per heavy atom. The molecule has 1 saturated carbocycles. The summed E-state index contributed by atoms with van der Waals surface area (Å²) in [5.74, 6) is -2.74. The van der Waals surface area contributed by atoms with Crippen LogP contribution in [-0.4, -0.2) is 16.1 Å². The smallest absolute Gasteiger partial charge is 0.257 e. The molecule has 10 heteroatoms. The lowest BCUT2D eigenvalue weighted by Gasteiger charge is -2.12. The third-order valence-corrected chi connectivity index (χ3v) is 6.97. The van der Waals surface area contributed by atoms with Gasteiger partial charge >= 0.3 is 0 Å². The summed E-state index contributed by atoms with van der Waals surface area (Å²) < 4.78 is 11.7. The first kappa shape index (κ1) is 24.1. The van der Waals surface area contributed by atoms with Gasteiger partial charge in [-0.25, -0.2) is 4.39 Å². The molecule has 1 fully saturated rings. The standard InChI is InChI=1S/C23H14Cl5FN2O2/c24-12-8-11(9-13(25)10-12)18-19(23(18,27)28)22(33)31-17-3-1-2-16(20(17)26)21(32)30-15-6-4-14(29)5-7-15/h1-10,18-19H,(H,30,32)(H,31,33)/t18-,19+/m1/s1. The second-order valence-corrected chi connectivity index (χ2v) is 10.1. The molecule has 3 aromatic carbocycles. The number of nitrogens with one attached hydrogen (secondary N) is 2. The number of alkyl halides is 2. The lowest BCUT2D eigenvalue weighted by atomic mass is 10.1. The lowest BCUT2D eigenvalue weighted by Crippen LogP contribution is -2.19. The Bertz CT molecular complexity index is 1230. The van der Waals surface area contributed by atoms with E-state index in [4.69, 9.17) is 58.0 Å². The molecule has 4 nitrogen and oxygen atoms in total. The fourth-order valence-corrected chi connectivity index (χ4v) is 5.20. The lowest BCUT2D eigenvalue weighted by molar-refractivity contribution is -0.117. The number of amides is 2. The quantitative estimate of drug-likeness (QED) is 0.325. The number of carbonyl (C=O) groups excluding carboxylic acids is 2. The Morgan fingerprint density at radius 2 is 1.52 bits per heavy atom. The number of rotatable bonds is 5. The summed E-state index contributed by atoms with van der Waals surface area (Å²) in [6.07, 6.45) is 0. The molecule has 33 heavy (non-hydrogen) atoms.